The molecule has 0 aromatic heterocycles. The van der Waals surface area contributed by atoms with Crippen molar-refractivity contribution in [2.45, 2.75) is 32.7 Å². The van der Waals surface area contributed by atoms with Crippen LogP contribution in [0.1, 0.15) is 38.3 Å². The Morgan fingerprint density at radius 2 is 1.94 bits per heavy atom. The highest BCUT2D eigenvalue weighted by molar-refractivity contribution is 5.79. The molecule has 0 bridgehead atoms. The normalized spacial score (nSPS) is 17.3. The smallest absolute Gasteiger partial charge is 0.223 e. The Labute approximate surface area is 109 Å². The molecular formula is C16H21NO. The van der Waals surface area contributed by atoms with Crippen molar-refractivity contribution in [3.8, 4) is 0 Å². The molecule has 0 radical (unpaired) electrons. The molecule has 1 heterocycles. The minimum atomic E-state index is 0.0428. The Kier molecular flexibility index (Phi) is 3.85. The van der Waals surface area contributed by atoms with Gasteiger partial charge in [0.05, 0.1) is 6.04 Å². The molecule has 1 atom stereocenters. The highest BCUT2D eigenvalue weighted by atomic mass is 16.2. The average molecular weight is 243 g/mol. The first-order valence-corrected chi connectivity index (χ1v) is 6.64. The molecule has 0 spiro atoms. The van der Waals surface area contributed by atoms with Gasteiger partial charge in [0, 0.05) is 13.0 Å². The Morgan fingerprint density at radius 3 is 2.44 bits per heavy atom. The van der Waals surface area contributed by atoms with Crippen molar-refractivity contribution < 1.29 is 4.79 Å². The minimum Gasteiger partial charge on any atom is -0.332 e. The lowest BCUT2D eigenvalue weighted by molar-refractivity contribution is -0.129. The topological polar surface area (TPSA) is 20.3 Å². The first-order chi connectivity index (χ1) is 8.61. The molecule has 0 N–H and O–H groups in total. The van der Waals surface area contributed by atoms with Crippen molar-refractivity contribution in [3.63, 3.8) is 0 Å². The lowest BCUT2D eigenvalue weighted by Gasteiger charge is -2.31. The summed E-state index contributed by atoms with van der Waals surface area (Å²) in [6.07, 6.45) is 1.64. The first-order valence-electron chi connectivity index (χ1n) is 6.64. The fourth-order valence-electron chi connectivity index (χ4n) is 2.49. The van der Waals surface area contributed by atoms with E-state index in [1.807, 2.05) is 23.1 Å². The molecule has 1 aromatic carbocycles. The van der Waals surface area contributed by atoms with Crippen LogP contribution in [0.5, 0.6) is 0 Å². The Balaban J connectivity index is 2.34. The van der Waals surface area contributed by atoms with Gasteiger partial charge in [-0.25, -0.2) is 0 Å². The highest BCUT2D eigenvalue weighted by Gasteiger charge is 2.31. The molecular weight excluding hydrogens is 222 g/mol. The summed E-state index contributed by atoms with van der Waals surface area (Å²) in [7, 11) is 0. The van der Waals surface area contributed by atoms with Gasteiger partial charge in [0.1, 0.15) is 0 Å². The maximum absolute atomic E-state index is 12.0. The standard InChI is InChI=1S/C16H21NO/c1-12(2)13(3)16(14-8-5-4-6-9-14)17-11-7-10-15(17)18/h4-6,8-9,12,16H,3,7,10-11H2,1-2H3. The van der Waals surface area contributed by atoms with Gasteiger partial charge in [-0.2, -0.15) is 0 Å². The zero-order valence-corrected chi connectivity index (χ0v) is 11.2. The molecule has 1 unspecified atom stereocenters. The molecule has 1 aliphatic heterocycles. The molecule has 96 valence electrons. The molecule has 2 heteroatoms. The second-order valence-electron chi connectivity index (χ2n) is 5.23. The van der Waals surface area contributed by atoms with Gasteiger partial charge in [-0.15, -0.1) is 0 Å². The molecule has 18 heavy (non-hydrogen) atoms. The van der Waals surface area contributed by atoms with Gasteiger partial charge in [0.2, 0.25) is 5.91 Å². The van der Waals surface area contributed by atoms with Gasteiger partial charge >= 0.3 is 0 Å². The van der Waals surface area contributed by atoms with Crippen molar-refractivity contribution in [2.75, 3.05) is 6.54 Å². The van der Waals surface area contributed by atoms with Crippen LogP contribution >= 0.6 is 0 Å². The van der Waals surface area contributed by atoms with E-state index < -0.39 is 0 Å². The summed E-state index contributed by atoms with van der Waals surface area (Å²) in [4.78, 5) is 14.0. The van der Waals surface area contributed by atoms with Crippen LogP contribution in [0.3, 0.4) is 0 Å². The summed E-state index contributed by atoms with van der Waals surface area (Å²) >= 11 is 0. The number of rotatable bonds is 4. The van der Waals surface area contributed by atoms with E-state index in [1.54, 1.807) is 0 Å². The predicted molar refractivity (Wildman–Crippen MR) is 74.1 cm³/mol. The van der Waals surface area contributed by atoms with E-state index in [1.165, 1.54) is 5.56 Å². The number of likely N-dealkylation sites (tertiary alicyclic amines) is 1. The number of hydrogen-bond donors (Lipinski definition) is 0. The van der Waals surface area contributed by atoms with Crippen LogP contribution < -0.4 is 0 Å². The van der Waals surface area contributed by atoms with Gasteiger partial charge in [-0.05, 0) is 23.5 Å². The van der Waals surface area contributed by atoms with Crippen molar-refractivity contribution in [1.82, 2.24) is 4.90 Å². The highest BCUT2D eigenvalue weighted by Crippen LogP contribution is 2.34. The fourth-order valence-corrected chi connectivity index (χ4v) is 2.49. The van der Waals surface area contributed by atoms with Crippen LogP contribution in [0.4, 0.5) is 0 Å². The van der Waals surface area contributed by atoms with Crippen LogP contribution in [0.15, 0.2) is 42.5 Å². The number of carbonyl (C=O) groups is 1. The fraction of sp³-hybridized carbons (Fsp3) is 0.438. The molecule has 2 nitrogen and oxygen atoms in total. The number of benzene rings is 1. The summed E-state index contributed by atoms with van der Waals surface area (Å²) in [5.41, 5.74) is 2.29. The zero-order valence-electron chi connectivity index (χ0n) is 11.2. The van der Waals surface area contributed by atoms with E-state index in [4.69, 9.17) is 0 Å². The number of hydrogen-bond acceptors (Lipinski definition) is 1. The maximum atomic E-state index is 12.0. The van der Waals surface area contributed by atoms with Crippen molar-refractivity contribution in [2.24, 2.45) is 5.92 Å². The van der Waals surface area contributed by atoms with Gasteiger partial charge < -0.3 is 4.90 Å². The molecule has 0 saturated carbocycles. The van der Waals surface area contributed by atoms with Crippen LogP contribution in [0.25, 0.3) is 0 Å². The molecule has 1 aromatic rings. The van der Waals surface area contributed by atoms with Gasteiger partial charge in [0.15, 0.2) is 0 Å². The molecule has 1 aliphatic rings. The minimum absolute atomic E-state index is 0.0428. The Hall–Kier alpha value is -1.57. The van der Waals surface area contributed by atoms with E-state index in [9.17, 15) is 4.79 Å². The van der Waals surface area contributed by atoms with Crippen molar-refractivity contribution >= 4 is 5.91 Å². The molecule has 1 fully saturated rings. The van der Waals surface area contributed by atoms with E-state index in [0.717, 1.165) is 18.5 Å². The largest absolute Gasteiger partial charge is 0.332 e. The molecule has 1 amide bonds. The summed E-state index contributed by atoms with van der Waals surface area (Å²) in [5, 5.41) is 0. The summed E-state index contributed by atoms with van der Waals surface area (Å²) in [6.45, 7) is 9.34. The van der Waals surface area contributed by atoms with Crippen molar-refractivity contribution in [3.05, 3.63) is 48.0 Å². The van der Waals surface area contributed by atoms with Crippen LogP contribution in [-0.2, 0) is 4.79 Å². The Morgan fingerprint density at radius 1 is 1.28 bits per heavy atom. The monoisotopic (exact) mass is 243 g/mol. The molecule has 2 rings (SSSR count). The predicted octanol–water partition coefficient (Wildman–Crippen LogP) is 3.56. The number of nitrogens with zero attached hydrogens (tertiary/aromatic N) is 1. The van der Waals surface area contributed by atoms with E-state index in [2.05, 4.69) is 32.6 Å². The van der Waals surface area contributed by atoms with Gasteiger partial charge in [0.25, 0.3) is 0 Å². The second kappa shape index (κ2) is 5.38. The van der Waals surface area contributed by atoms with Gasteiger partial charge in [-0.1, -0.05) is 50.8 Å². The molecule has 1 saturated heterocycles. The van der Waals surface area contributed by atoms with Crippen LogP contribution in [-0.4, -0.2) is 17.4 Å². The number of amides is 1. The second-order valence-corrected chi connectivity index (χ2v) is 5.23. The van der Waals surface area contributed by atoms with Gasteiger partial charge in [-0.3, -0.25) is 4.79 Å². The third-order valence-corrected chi connectivity index (χ3v) is 3.63. The van der Waals surface area contributed by atoms with Crippen LogP contribution in [0, 0.1) is 5.92 Å². The summed E-state index contributed by atoms with van der Waals surface area (Å²) in [5.74, 6) is 0.634. The van der Waals surface area contributed by atoms with E-state index >= 15 is 0 Å². The average Bonchev–Trinajstić information content (AvgIpc) is 2.77. The van der Waals surface area contributed by atoms with E-state index in [0.29, 0.717) is 12.3 Å². The lowest BCUT2D eigenvalue weighted by atomic mass is 9.91. The summed E-state index contributed by atoms with van der Waals surface area (Å²) in [6, 6.07) is 10.3. The summed E-state index contributed by atoms with van der Waals surface area (Å²) < 4.78 is 0. The maximum Gasteiger partial charge on any atom is 0.223 e. The Bertz CT molecular complexity index is 436. The number of carbonyl (C=O) groups excluding carboxylic acids is 1. The molecule has 0 aliphatic carbocycles. The van der Waals surface area contributed by atoms with Crippen molar-refractivity contribution in [1.29, 1.82) is 0 Å². The third-order valence-electron chi connectivity index (χ3n) is 3.63. The lowest BCUT2D eigenvalue weighted by Crippen LogP contribution is -2.32. The van der Waals surface area contributed by atoms with E-state index in [-0.39, 0.29) is 11.9 Å². The quantitative estimate of drug-likeness (QED) is 0.740. The zero-order chi connectivity index (χ0) is 13.1. The SMILES string of the molecule is C=C(C(C)C)C(c1ccccc1)N1CCCC1=O. The third kappa shape index (κ3) is 2.47. The first kappa shape index (κ1) is 12.9. The van der Waals surface area contributed by atoms with Crippen LogP contribution in [0.2, 0.25) is 0 Å².